The van der Waals surface area contributed by atoms with E-state index < -0.39 is 0 Å². The molecule has 3 heteroatoms. The van der Waals surface area contributed by atoms with Gasteiger partial charge < -0.3 is 4.43 Å². The molecule has 88 valence electrons. The maximum atomic E-state index is 5.69. The summed E-state index contributed by atoms with van der Waals surface area (Å²) in [6, 6.07) is 21.5. The van der Waals surface area contributed by atoms with Gasteiger partial charge in [0, 0.05) is 0 Å². The van der Waals surface area contributed by atoms with Gasteiger partial charge in [-0.1, -0.05) is 54.6 Å². The molecule has 3 aromatic rings. The van der Waals surface area contributed by atoms with E-state index in [-0.39, 0.29) is 0 Å². The molecule has 0 aliphatic carbocycles. The first kappa shape index (κ1) is 11.0. The van der Waals surface area contributed by atoms with E-state index in [1.165, 1.54) is 27.1 Å². The fourth-order valence-corrected chi connectivity index (χ4v) is 5.26. The first-order valence-electron chi connectivity index (χ1n) is 6.22. The van der Waals surface area contributed by atoms with Crippen LogP contribution in [0.15, 0.2) is 60.7 Å². The lowest BCUT2D eigenvalue weighted by Gasteiger charge is -2.10. The highest BCUT2D eigenvalue weighted by atomic mass is 29.2. The molecule has 0 saturated heterocycles. The summed E-state index contributed by atoms with van der Waals surface area (Å²) in [6.07, 6.45) is 0. The van der Waals surface area contributed by atoms with Crippen molar-refractivity contribution in [1.29, 1.82) is 0 Å². The molecule has 4 radical (unpaired) electrons. The molecule has 1 heterocycles. The Morgan fingerprint density at radius 3 is 2.53 bits per heavy atom. The second kappa shape index (κ2) is 4.36. The Bertz CT molecular complexity index is 753. The normalized spacial score (nSPS) is 13.3. The third-order valence-corrected chi connectivity index (χ3v) is 6.00. The van der Waals surface area contributed by atoms with Crippen molar-refractivity contribution in [1.82, 2.24) is 0 Å². The van der Waals surface area contributed by atoms with E-state index in [9.17, 15) is 0 Å². The van der Waals surface area contributed by atoms with Crippen LogP contribution in [-0.4, -0.2) is 18.3 Å². The Morgan fingerprint density at radius 2 is 1.63 bits per heavy atom. The van der Waals surface area contributed by atoms with Gasteiger partial charge in [-0.15, -0.1) is 0 Å². The summed E-state index contributed by atoms with van der Waals surface area (Å²) in [5.41, 5.74) is 2.58. The third-order valence-electron chi connectivity index (χ3n) is 3.45. The van der Waals surface area contributed by atoms with Crippen LogP contribution in [0.2, 0.25) is 0 Å². The topological polar surface area (TPSA) is 9.23 Å². The van der Waals surface area contributed by atoms with Crippen LogP contribution in [0.25, 0.3) is 21.9 Å². The van der Waals surface area contributed by atoms with Crippen LogP contribution in [0.3, 0.4) is 0 Å². The molecule has 19 heavy (non-hydrogen) atoms. The van der Waals surface area contributed by atoms with Crippen molar-refractivity contribution in [2.45, 2.75) is 0 Å². The lowest BCUT2D eigenvalue weighted by molar-refractivity contribution is 0.622. The quantitative estimate of drug-likeness (QED) is 0.620. The van der Waals surface area contributed by atoms with Gasteiger partial charge in [0.25, 0.3) is 9.28 Å². The van der Waals surface area contributed by atoms with Crippen LogP contribution in [0, 0.1) is 0 Å². The maximum absolute atomic E-state index is 5.69. The summed E-state index contributed by atoms with van der Waals surface area (Å²) in [4.78, 5) is 0. The second-order valence-corrected chi connectivity index (χ2v) is 7.06. The third kappa shape index (κ3) is 1.74. The number of rotatable bonds is 1. The zero-order chi connectivity index (χ0) is 12.7. The van der Waals surface area contributed by atoms with Gasteiger partial charge >= 0.3 is 0 Å². The lowest BCUT2D eigenvalue weighted by atomic mass is 9.98. The van der Waals surface area contributed by atoms with Gasteiger partial charge in [-0.3, -0.25) is 0 Å². The molecule has 0 fully saturated rings. The highest BCUT2D eigenvalue weighted by molar-refractivity contribution is 7.07. The Morgan fingerprint density at radius 1 is 0.737 bits per heavy atom. The van der Waals surface area contributed by atoms with E-state index in [1.54, 1.807) is 0 Å². The molecule has 0 amide bonds. The minimum absolute atomic E-state index is 0.601. The molecule has 0 N–H and O–H groups in total. The molecule has 1 aliphatic rings. The Labute approximate surface area is 116 Å². The summed E-state index contributed by atoms with van der Waals surface area (Å²) >= 11 is 0. The largest absolute Gasteiger partial charge is 0.545 e. The fraction of sp³-hybridized carbons (Fsp3) is 0. The van der Waals surface area contributed by atoms with Gasteiger partial charge in [-0.25, -0.2) is 0 Å². The summed E-state index contributed by atoms with van der Waals surface area (Å²) in [5.74, 6) is 1.08. The zero-order valence-corrected chi connectivity index (χ0v) is 12.2. The van der Waals surface area contributed by atoms with Crippen molar-refractivity contribution in [3.8, 4) is 16.9 Å². The standard InChI is InChI=1S/C16H10OSi2/c1-2-5-11(6-3-1)12-7-4-8-14-13(12)9-10-15-16(14)18-19-17-15/h1-10H. The zero-order valence-electron chi connectivity index (χ0n) is 10.2. The van der Waals surface area contributed by atoms with Gasteiger partial charge in [0.15, 0.2) is 0 Å². The van der Waals surface area contributed by atoms with E-state index in [0.29, 0.717) is 9.28 Å². The highest BCUT2D eigenvalue weighted by Gasteiger charge is 2.18. The van der Waals surface area contributed by atoms with Crippen molar-refractivity contribution in [3.63, 3.8) is 0 Å². The van der Waals surface area contributed by atoms with E-state index in [0.717, 1.165) is 14.8 Å². The van der Waals surface area contributed by atoms with Crippen molar-refractivity contribution in [2.24, 2.45) is 0 Å². The number of hydrogen-bond acceptors (Lipinski definition) is 1. The van der Waals surface area contributed by atoms with E-state index in [1.807, 2.05) is 0 Å². The Balaban J connectivity index is 2.04. The fourth-order valence-electron chi connectivity index (χ4n) is 2.55. The SMILES string of the molecule is c1ccc(-c2cccc3c4c(ccc23)O[Si][Si]4)cc1. The molecule has 0 unspecified atom stereocenters. The number of benzene rings is 3. The molecule has 3 aromatic carbocycles. The molecule has 0 saturated carbocycles. The molecular weight excluding hydrogens is 264 g/mol. The first-order chi connectivity index (χ1) is 9.43. The molecule has 4 rings (SSSR count). The average Bonchev–Trinajstić information content (AvgIpc) is 2.96. The second-order valence-electron chi connectivity index (χ2n) is 4.53. The Hall–Kier alpha value is -1.85. The molecule has 0 atom stereocenters. The summed E-state index contributed by atoms with van der Waals surface area (Å²) in [7, 11) is 1.39. The average molecular weight is 274 g/mol. The van der Waals surface area contributed by atoms with Gasteiger partial charge in [0.2, 0.25) is 0 Å². The predicted molar refractivity (Wildman–Crippen MR) is 81.2 cm³/mol. The van der Waals surface area contributed by atoms with Crippen molar-refractivity contribution in [2.75, 3.05) is 0 Å². The number of hydrogen-bond donors (Lipinski definition) is 0. The molecule has 0 bridgehead atoms. The van der Waals surface area contributed by atoms with Crippen LogP contribution < -0.4 is 9.61 Å². The van der Waals surface area contributed by atoms with Gasteiger partial charge in [-0.2, -0.15) is 0 Å². The van der Waals surface area contributed by atoms with E-state index >= 15 is 0 Å². The van der Waals surface area contributed by atoms with Crippen LogP contribution in [-0.2, 0) is 0 Å². The monoisotopic (exact) mass is 274 g/mol. The molecule has 1 aliphatic heterocycles. The van der Waals surface area contributed by atoms with E-state index in [2.05, 4.69) is 60.7 Å². The van der Waals surface area contributed by atoms with Gasteiger partial charge in [0.05, 0.1) is 0 Å². The molecule has 0 spiro atoms. The van der Waals surface area contributed by atoms with Crippen LogP contribution >= 0.6 is 0 Å². The first-order valence-corrected chi connectivity index (χ1v) is 9.13. The predicted octanol–water partition coefficient (Wildman–Crippen LogP) is 2.76. The smallest absolute Gasteiger partial charge is 0.289 e. The lowest BCUT2D eigenvalue weighted by Crippen LogP contribution is -2.13. The molecule has 0 aromatic heterocycles. The minimum Gasteiger partial charge on any atom is -0.545 e. The summed E-state index contributed by atoms with van der Waals surface area (Å²) in [5, 5.41) is 4.08. The van der Waals surface area contributed by atoms with Crippen LogP contribution in [0.4, 0.5) is 0 Å². The van der Waals surface area contributed by atoms with Crippen LogP contribution in [0.5, 0.6) is 5.75 Å². The molecular formula is C16H10OSi2. The highest BCUT2D eigenvalue weighted by Crippen LogP contribution is 2.30. The maximum Gasteiger partial charge on any atom is 0.289 e. The van der Waals surface area contributed by atoms with Crippen molar-refractivity contribution >= 4 is 34.3 Å². The number of fused-ring (bicyclic) bond motifs is 3. The van der Waals surface area contributed by atoms with Crippen LogP contribution in [0.1, 0.15) is 0 Å². The van der Waals surface area contributed by atoms with Crippen molar-refractivity contribution in [3.05, 3.63) is 60.7 Å². The summed E-state index contributed by atoms with van der Waals surface area (Å²) in [6.45, 7) is 0. The summed E-state index contributed by atoms with van der Waals surface area (Å²) < 4.78 is 5.69. The van der Waals surface area contributed by atoms with E-state index in [4.69, 9.17) is 4.43 Å². The Kier molecular flexibility index (Phi) is 2.53. The van der Waals surface area contributed by atoms with Crippen molar-refractivity contribution < 1.29 is 4.43 Å². The van der Waals surface area contributed by atoms with Gasteiger partial charge in [0.1, 0.15) is 14.8 Å². The molecule has 1 nitrogen and oxygen atoms in total. The van der Waals surface area contributed by atoms with Gasteiger partial charge in [-0.05, 0) is 33.2 Å². The minimum atomic E-state index is 0.601.